The summed E-state index contributed by atoms with van der Waals surface area (Å²) in [4.78, 5) is 0. The van der Waals surface area contributed by atoms with Gasteiger partial charge >= 0.3 is 64.7 Å². The van der Waals surface area contributed by atoms with Crippen LogP contribution < -0.4 is 61.6 Å². The van der Waals surface area contributed by atoms with Gasteiger partial charge in [-0.1, -0.05) is 12.1 Å². The topological polar surface area (TPSA) is 9.23 Å². The average Bonchev–Trinajstić information content (AvgIpc) is 2.00. The molecule has 0 spiro atoms. The number of rotatable bonds is 2. The van der Waals surface area contributed by atoms with Gasteiger partial charge in [0.05, 0.1) is 0 Å². The van der Waals surface area contributed by atoms with Crippen LogP contribution in [0.15, 0.2) is 24.3 Å². The van der Waals surface area contributed by atoms with Crippen molar-refractivity contribution in [2.45, 2.75) is 6.36 Å². The molecule has 0 unspecified atom stereocenters. The Morgan fingerprint density at radius 2 is 1.38 bits per heavy atom. The molecule has 84 valence electrons. The summed E-state index contributed by atoms with van der Waals surface area (Å²) in [6.07, 6.45) is -4.90. The van der Waals surface area contributed by atoms with Crippen molar-refractivity contribution < 1.29 is 82.2 Å². The summed E-state index contributed by atoms with van der Waals surface area (Å²) in [5.41, 5.74) is -0.968. The van der Waals surface area contributed by atoms with Crippen LogP contribution >= 0.6 is 0 Å². The normalized spacial score (nSPS) is 11.9. The van der Waals surface area contributed by atoms with Gasteiger partial charge in [0.1, 0.15) is 5.75 Å². The molecule has 0 aromatic heterocycles. The van der Waals surface area contributed by atoms with Crippen LogP contribution in [-0.2, 0) is 0 Å². The Hall–Kier alpha value is 0.301. The predicted octanol–water partition coefficient (Wildman–Crippen LogP) is -0.356. The van der Waals surface area contributed by atoms with Crippen LogP contribution in [0.5, 0.6) is 5.75 Å². The largest absolute Gasteiger partial charge is 1.00 e. The molecule has 1 rings (SSSR count). The van der Waals surface area contributed by atoms with Gasteiger partial charge < -0.3 is 17.7 Å². The molecule has 0 aliphatic rings. The third-order valence-electron chi connectivity index (χ3n) is 1.49. The molecule has 0 bridgehead atoms. The number of alkyl halides is 3. The van der Waals surface area contributed by atoms with Gasteiger partial charge in [0.15, 0.2) is 0 Å². The van der Waals surface area contributed by atoms with Gasteiger partial charge in [0.2, 0.25) is 0 Å². The van der Waals surface area contributed by atoms with E-state index < -0.39 is 24.6 Å². The molecular formula is C7H4BF6KO. The van der Waals surface area contributed by atoms with Crippen molar-refractivity contribution in [2.24, 2.45) is 0 Å². The fourth-order valence-electron chi connectivity index (χ4n) is 0.888. The van der Waals surface area contributed by atoms with Crippen molar-refractivity contribution in [1.82, 2.24) is 0 Å². The second-order valence-electron chi connectivity index (χ2n) is 2.69. The van der Waals surface area contributed by atoms with Gasteiger partial charge in [0, 0.05) is 0 Å². The van der Waals surface area contributed by atoms with E-state index in [9.17, 15) is 26.1 Å². The van der Waals surface area contributed by atoms with Gasteiger partial charge in [-0.3, -0.25) is 0 Å². The van der Waals surface area contributed by atoms with E-state index in [2.05, 4.69) is 4.74 Å². The summed E-state index contributed by atoms with van der Waals surface area (Å²) in [7, 11) is 0. The molecule has 0 saturated heterocycles. The number of halogens is 6. The van der Waals surface area contributed by atoms with E-state index in [1.807, 2.05) is 0 Å². The first-order valence-electron chi connectivity index (χ1n) is 3.74. The maximum absolute atomic E-state index is 12.1. The van der Waals surface area contributed by atoms with Gasteiger partial charge in [-0.05, 0) is 12.1 Å². The summed E-state index contributed by atoms with van der Waals surface area (Å²) >= 11 is 0. The Bertz CT molecular complexity index is 332. The molecule has 16 heavy (non-hydrogen) atoms. The van der Waals surface area contributed by atoms with Gasteiger partial charge in [0.25, 0.3) is 0 Å². The van der Waals surface area contributed by atoms with Crippen molar-refractivity contribution in [1.29, 1.82) is 0 Å². The minimum Gasteiger partial charge on any atom is -0.445 e. The zero-order valence-electron chi connectivity index (χ0n) is 8.06. The smallest absolute Gasteiger partial charge is 0.445 e. The van der Waals surface area contributed by atoms with Crippen LogP contribution in [0.3, 0.4) is 0 Å². The second-order valence-corrected chi connectivity index (χ2v) is 2.69. The van der Waals surface area contributed by atoms with Crippen LogP contribution in [0.1, 0.15) is 0 Å². The van der Waals surface area contributed by atoms with E-state index in [-0.39, 0.29) is 51.4 Å². The Morgan fingerprint density at radius 1 is 0.938 bits per heavy atom. The zero-order chi connectivity index (χ0) is 11.7. The average molecular weight is 268 g/mol. The molecule has 0 radical (unpaired) electrons. The SMILES string of the molecule is F[B-](F)(F)c1ccc(OC(F)(F)F)cc1.[K+]. The first-order valence-corrected chi connectivity index (χ1v) is 3.74. The fraction of sp³-hybridized carbons (Fsp3) is 0.143. The quantitative estimate of drug-likeness (QED) is 0.526. The number of benzene rings is 1. The maximum atomic E-state index is 12.1. The number of ether oxygens (including phenoxy) is 1. The molecule has 1 aromatic carbocycles. The van der Waals surface area contributed by atoms with Crippen molar-refractivity contribution >= 4 is 12.4 Å². The van der Waals surface area contributed by atoms with Crippen LogP contribution in [0.25, 0.3) is 0 Å². The first kappa shape index (κ1) is 16.3. The second kappa shape index (κ2) is 5.76. The summed E-state index contributed by atoms with van der Waals surface area (Å²) in [5.74, 6) is -0.675. The third-order valence-corrected chi connectivity index (χ3v) is 1.49. The zero-order valence-corrected chi connectivity index (χ0v) is 11.2. The van der Waals surface area contributed by atoms with Crippen molar-refractivity contribution in [3.8, 4) is 5.75 Å². The van der Waals surface area contributed by atoms with Gasteiger partial charge in [-0.2, -0.15) is 0 Å². The van der Waals surface area contributed by atoms with Gasteiger partial charge in [-0.25, -0.2) is 0 Å². The number of hydrogen-bond acceptors (Lipinski definition) is 1. The van der Waals surface area contributed by atoms with Crippen LogP contribution in [-0.4, -0.2) is 13.3 Å². The molecule has 1 aromatic rings. The van der Waals surface area contributed by atoms with Crippen molar-refractivity contribution in [3.63, 3.8) is 0 Å². The molecule has 0 atom stereocenters. The standard InChI is InChI=1S/C7H4BF6O.K/c9-7(10,11)15-6-3-1-5(2-4-6)8(12,13)14;/h1-4H;/q-1;+1. The van der Waals surface area contributed by atoms with Crippen LogP contribution in [0.4, 0.5) is 26.1 Å². The first-order chi connectivity index (χ1) is 6.68. The summed E-state index contributed by atoms with van der Waals surface area (Å²) in [5, 5.41) is 0. The van der Waals surface area contributed by atoms with Gasteiger partial charge in [-0.15, -0.1) is 18.6 Å². The monoisotopic (exact) mass is 268 g/mol. The molecule has 0 amide bonds. The van der Waals surface area contributed by atoms with Crippen molar-refractivity contribution in [2.75, 3.05) is 0 Å². The fourth-order valence-corrected chi connectivity index (χ4v) is 0.888. The molecule has 9 heteroatoms. The Morgan fingerprint density at radius 3 is 1.69 bits per heavy atom. The molecular weight excluding hydrogens is 264 g/mol. The summed E-state index contributed by atoms with van der Waals surface area (Å²) in [6.45, 7) is -5.19. The van der Waals surface area contributed by atoms with E-state index in [0.717, 1.165) is 0 Å². The van der Waals surface area contributed by atoms with Crippen molar-refractivity contribution in [3.05, 3.63) is 24.3 Å². The number of hydrogen-bond donors (Lipinski definition) is 0. The Labute approximate surface area is 130 Å². The predicted molar refractivity (Wildman–Crippen MR) is 41.8 cm³/mol. The summed E-state index contributed by atoms with van der Waals surface area (Å²) in [6, 6.07) is 2.33. The minimum absolute atomic E-state index is 0. The van der Waals surface area contributed by atoms with E-state index in [1.54, 1.807) is 0 Å². The molecule has 0 fully saturated rings. The van der Waals surface area contributed by atoms with Crippen LogP contribution in [0.2, 0.25) is 0 Å². The maximum Gasteiger partial charge on any atom is 1.00 e. The van der Waals surface area contributed by atoms with E-state index in [0.29, 0.717) is 24.3 Å². The van der Waals surface area contributed by atoms with E-state index in [1.165, 1.54) is 0 Å². The molecule has 0 heterocycles. The Kier molecular flexibility index (Phi) is 5.87. The molecule has 0 aliphatic heterocycles. The Balaban J connectivity index is 0.00000225. The molecule has 0 N–H and O–H groups in total. The molecule has 0 saturated carbocycles. The summed E-state index contributed by atoms with van der Waals surface area (Å²) < 4.78 is 74.5. The van der Waals surface area contributed by atoms with E-state index in [4.69, 9.17) is 0 Å². The molecule has 0 aliphatic carbocycles. The minimum atomic E-state index is -5.19. The van der Waals surface area contributed by atoms with E-state index >= 15 is 0 Å². The van der Waals surface area contributed by atoms with Crippen LogP contribution in [0, 0.1) is 0 Å². The third kappa shape index (κ3) is 5.58. The molecule has 1 nitrogen and oxygen atoms in total.